The molecule has 0 aromatic heterocycles. The van der Waals surface area contributed by atoms with Crippen molar-refractivity contribution in [3.63, 3.8) is 0 Å². The highest BCUT2D eigenvalue weighted by atomic mass is 79.9. The molecule has 0 aliphatic carbocycles. The van der Waals surface area contributed by atoms with Crippen LogP contribution in [-0.2, 0) is 4.79 Å². The molecule has 3 nitrogen and oxygen atoms in total. The minimum atomic E-state index is -0.551. The Kier molecular flexibility index (Phi) is 5.58. The smallest absolute Gasteiger partial charge is 0.241 e. The number of carbonyl (C=O) groups excluding carboxylic acids is 1. The molecular weight excluding hydrogens is 287 g/mol. The van der Waals surface area contributed by atoms with Crippen molar-refractivity contribution in [2.75, 3.05) is 5.32 Å². The number of carbonyl (C=O) groups is 1. The molecule has 0 saturated carbocycles. The molecule has 0 aliphatic rings. The van der Waals surface area contributed by atoms with Crippen molar-refractivity contribution in [1.82, 2.24) is 0 Å². The van der Waals surface area contributed by atoms with E-state index in [4.69, 9.17) is 5.73 Å². The number of amides is 1. The minimum Gasteiger partial charge on any atom is -0.324 e. The highest BCUT2D eigenvalue weighted by Crippen LogP contribution is 2.23. The van der Waals surface area contributed by atoms with Gasteiger partial charge in [0.05, 0.1) is 11.7 Å². The molecule has 1 aromatic rings. The minimum absolute atomic E-state index is 0.287. The van der Waals surface area contributed by atoms with Gasteiger partial charge >= 0.3 is 0 Å². The normalized spacial score (nSPS) is 12.2. The van der Waals surface area contributed by atoms with E-state index in [1.807, 2.05) is 6.92 Å². The van der Waals surface area contributed by atoms with E-state index in [0.29, 0.717) is 16.6 Å². The van der Waals surface area contributed by atoms with Crippen LogP contribution < -0.4 is 11.1 Å². The van der Waals surface area contributed by atoms with Crippen molar-refractivity contribution in [2.24, 2.45) is 5.73 Å². The van der Waals surface area contributed by atoms with E-state index in [1.165, 1.54) is 12.1 Å². The summed E-state index contributed by atoms with van der Waals surface area (Å²) in [5.74, 6) is -0.685. The Balaban J connectivity index is 2.64. The summed E-state index contributed by atoms with van der Waals surface area (Å²) in [4.78, 5) is 11.7. The molecule has 94 valence electrons. The number of rotatable bonds is 5. The van der Waals surface area contributed by atoms with Gasteiger partial charge in [0.25, 0.3) is 0 Å². The summed E-state index contributed by atoms with van der Waals surface area (Å²) >= 11 is 3.24. The summed E-state index contributed by atoms with van der Waals surface area (Å²) in [6, 6.07) is 3.57. The Bertz CT molecular complexity index is 398. The number of anilines is 1. The summed E-state index contributed by atoms with van der Waals surface area (Å²) in [7, 11) is 0. The Morgan fingerprint density at radius 2 is 2.29 bits per heavy atom. The van der Waals surface area contributed by atoms with E-state index in [1.54, 1.807) is 6.07 Å². The third kappa shape index (κ3) is 4.44. The first kappa shape index (κ1) is 14.1. The number of hydrogen-bond acceptors (Lipinski definition) is 2. The van der Waals surface area contributed by atoms with E-state index in [2.05, 4.69) is 21.2 Å². The number of halogens is 2. The van der Waals surface area contributed by atoms with Gasteiger partial charge in [0, 0.05) is 4.47 Å². The van der Waals surface area contributed by atoms with Crippen molar-refractivity contribution in [3.8, 4) is 0 Å². The molecule has 0 aliphatic heterocycles. The van der Waals surface area contributed by atoms with Crippen LogP contribution in [0.15, 0.2) is 22.7 Å². The van der Waals surface area contributed by atoms with Crippen LogP contribution in [0.25, 0.3) is 0 Å². The highest BCUT2D eigenvalue weighted by Gasteiger charge is 2.14. The zero-order valence-corrected chi connectivity index (χ0v) is 11.3. The van der Waals surface area contributed by atoms with Gasteiger partial charge in [0.15, 0.2) is 0 Å². The lowest BCUT2D eigenvalue weighted by Crippen LogP contribution is -2.35. The highest BCUT2D eigenvalue weighted by molar-refractivity contribution is 9.10. The average Bonchev–Trinajstić information content (AvgIpc) is 2.30. The van der Waals surface area contributed by atoms with Crippen molar-refractivity contribution in [1.29, 1.82) is 0 Å². The number of nitrogens with two attached hydrogens (primary N) is 1. The predicted molar refractivity (Wildman–Crippen MR) is 70.2 cm³/mol. The molecule has 1 aromatic carbocycles. The zero-order valence-electron chi connectivity index (χ0n) is 9.67. The number of benzene rings is 1. The van der Waals surface area contributed by atoms with Crippen molar-refractivity contribution >= 4 is 27.5 Å². The molecule has 0 radical (unpaired) electrons. The summed E-state index contributed by atoms with van der Waals surface area (Å²) in [5.41, 5.74) is 6.12. The second kappa shape index (κ2) is 6.71. The average molecular weight is 303 g/mol. The summed E-state index contributed by atoms with van der Waals surface area (Å²) in [5, 5.41) is 2.61. The van der Waals surface area contributed by atoms with E-state index in [9.17, 15) is 9.18 Å². The second-order valence-electron chi connectivity index (χ2n) is 3.86. The van der Waals surface area contributed by atoms with Gasteiger partial charge in [-0.2, -0.15) is 0 Å². The maximum absolute atomic E-state index is 13.0. The van der Waals surface area contributed by atoms with Gasteiger partial charge in [-0.3, -0.25) is 4.79 Å². The lowest BCUT2D eigenvalue weighted by Gasteiger charge is -2.12. The maximum Gasteiger partial charge on any atom is 0.241 e. The molecule has 1 rings (SSSR count). The van der Waals surface area contributed by atoms with Crippen LogP contribution in [0.1, 0.15) is 26.2 Å². The first-order chi connectivity index (χ1) is 8.04. The fourth-order valence-electron chi connectivity index (χ4n) is 1.37. The Hall–Kier alpha value is -0.940. The first-order valence-corrected chi connectivity index (χ1v) is 6.35. The molecule has 5 heteroatoms. The third-order valence-electron chi connectivity index (χ3n) is 2.39. The lowest BCUT2D eigenvalue weighted by molar-refractivity contribution is -0.117. The van der Waals surface area contributed by atoms with Gasteiger partial charge in [-0.15, -0.1) is 0 Å². The SMILES string of the molecule is CCCC[C@H](N)C(=O)Nc1cc(F)ccc1Br. The molecule has 0 unspecified atom stereocenters. The Morgan fingerprint density at radius 1 is 1.59 bits per heavy atom. The topological polar surface area (TPSA) is 55.1 Å². The van der Waals surface area contributed by atoms with E-state index in [0.717, 1.165) is 12.8 Å². The standard InChI is InChI=1S/C12H16BrFN2O/c1-2-3-4-10(15)12(17)16-11-7-8(14)5-6-9(11)13/h5-7,10H,2-4,15H2,1H3,(H,16,17)/t10-/m0/s1. The van der Waals surface area contributed by atoms with Crippen molar-refractivity contribution in [3.05, 3.63) is 28.5 Å². The molecule has 3 N–H and O–H groups in total. The molecule has 1 amide bonds. The van der Waals surface area contributed by atoms with Gasteiger partial charge in [0.2, 0.25) is 5.91 Å². The van der Waals surface area contributed by atoms with Crippen molar-refractivity contribution < 1.29 is 9.18 Å². The molecule has 1 atom stereocenters. The van der Waals surface area contributed by atoms with Crippen LogP contribution in [0, 0.1) is 5.82 Å². The second-order valence-corrected chi connectivity index (χ2v) is 4.72. The van der Waals surface area contributed by atoms with E-state index < -0.39 is 11.9 Å². The van der Waals surface area contributed by atoms with Gasteiger partial charge < -0.3 is 11.1 Å². The van der Waals surface area contributed by atoms with Crippen molar-refractivity contribution in [2.45, 2.75) is 32.2 Å². The first-order valence-electron chi connectivity index (χ1n) is 5.56. The summed E-state index contributed by atoms with van der Waals surface area (Å²) < 4.78 is 13.6. The molecule has 0 fully saturated rings. The number of unbranched alkanes of at least 4 members (excludes halogenated alkanes) is 1. The molecule has 0 saturated heterocycles. The zero-order chi connectivity index (χ0) is 12.8. The van der Waals surface area contributed by atoms with Crippen LogP contribution in [0.5, 0.6) is 0 Å². The fourth-order valence-corrected chi connectivity index (χ4v) is 1.72. The Labute approximate surface area is 109 Å². The van der Waals surface area contributed by atoms with Crippen LogP contribution >= 0.6 is 15.9 Å². The van der Waals surface area contributed by atoms with Crippen LogP contribution in [-0.4, -0.2) is 11.9 Å². The summed E-state index contributed by atoms with van der Waals surface area (Å²) in [6.45, 7) is 2.04. The molecule has 17 heavy (non-hydrogen) atoms. The van der Waals surface area contributed by atoms with Gasteiger partial charge in [0.1, 0.15) is 5.82 Å². The van der Waals surface area contributed by atoms with Crippen LogP contribution in [0.4, 0.5) is 10.1 Å². The summed E-state index contributed by atoms with van der Waals surface area (Å²) in [6.07, 6.45) is 2.53. The largest absolute Gasteiger partial charge is 0.324 e. The van der Waals surface area contributed by atoms with Gasteiger partial charge in [-0.1, -0.05) is 19.8 Å². The third-order valence-corrected chi connectivity index (χ3v) is 3.08. The predicted octanol–water partition coefficient (Wildman–Crippen LogP) is 3.04. The van der Waals surface area contributed by atoms with Gasteiger partial charge in [-0.25, -0.2) is 4.39 Å². The monoisotopic (exact) mass is 302 g/mol. The molecular formula is C12H16BrFN2O. The fraction of sp³-hybridized carbons (Fsp3) is 0.417. The molecule has 0 bridgehead atoms. The number of nitrogens with one attached hydrogen (secondary N) is 1. The lowest BCUT2D eigenvalue weighted by atomic mass is 10.1. The van der Waals surface area contributed by atoms with E-state index in [-0.39, 0.29) is 5.91 Å². The van der Waals surface area contributed by atoms with Gasteiger partial charge in [-0.05, 0) is 40.5 Å². The van der Waals surface area contributed by atoms with Crippen LogP contribution in [0.2, 0.25) is 0 Å². The number of hydrogen-bond donors (Lipinski definition) is 2. The van der Waals surface area contributed by atoms with E-state index >= 15 is 0 Å². The molecule has 0 spiro atoms. The van der Waals surface area contributed by atoms with Crippen LogP contribution in [0.3, 0.4) is 0 Å². The maximum atomic E-state index is 13.0. The quantitative estimate of drug-likeness (QED) is 0.878. The molecule has 0 heterocycles. The Morgan fingerprint density at radius 3 is 2.94 bits per heavy atom.